The van der Waals surface area contributed by atoms with Crippen LogP contribution in [0, 0.1) is 0 Å². The van der Waals surface area contributed by atoms with E-state index in [1.165, 1.54) is 6.26 Å². The smallest absolute Gasteiger partial charge is 0.112 e. The monoisotopic (exact) mass is 190 g/mol. The molecule has 0 amide bonds. The highest BCUT2D eigenvalue weighted by molar-refractivity contribution is 5.13. The van der Waals surface area contributed by atoms with Crippen LogP contribution in [0.1, 0.15) is 5.56 Å². The third-order valence-corrected chi connectivity index (χ3v) is 1.60. The highest BCUT2D eigenvalue weighted by Crippen LogP contribution is 2.00. The zero-order chi connectivity index (χ0) is 10.1. The van der Waals surface area contributed by atoms with Crippen LogP contribution in [0.5, 0.6) is 0 Å². The van der Waals surface area contributed by atoms with Gasteiger partial charge in [0.2, 0.25) is 0 Å². The van der Waals surface area contributed by atoms with E-state index in [2.05, 4.69) is 6.58 Å². The first-order valence-electron chi connectivity index (χ1n) is 4.46. The van der Waals surface area contributed by atoms with Crippen LogP contribution in [0.4, 0.5) is 0 Å². The van der Waals surface area contributed by atoms with Gasteiger partial charge in [-0.3, -0.25) is 0 Å². The molecular formula is C12H14O2. The van der Waals surface area contributed by atoms with Crippen molar-refractivity contribution in [3.8, 4) is 0 Å². The van der Waals surface area contributed by atoms with Gasteiger partial charge in [-0.25, -0.2) is 0 Å². The van der Waals surface area contributed by atoms with E-state index in [0.29, 0.717) is 13.2 Å². The third-order valence-electron chi connectivity index (χ3n) is 1.60. The Bertz CT molecular complexity index is 278. The van der Waals surface area contributed by atoms with E-state index in [0.717, 1.165) is 5.56 Å². The zero-order valence-electron chi connectivity index (χ0n) is 8.06. The van der Waals surface area contributed by atoms with Gasteiger partial charge >= 0.3 is 0 Å². The predicted molar refractivity (Wildman–Crippen MR) is 56.5 cm³/mol. The van der Waals surface area contributed by atoms with Crippen LogP contribution in [0.3, 0.4) is 0 Å². The van der Waals surface area contributed by atoms with Crippen molar-refractivity contribution in [3.63, 3.8) is 0 Å². The molecule has 0 aromatic heterocycles. The van der Waals surface area contributed by atoms with Crippen molar-refractivity contribution in [3.05, 3.63) is 61.1 Å². The van der Waals surface area contributed by atoms with E-state index in [1.54, 1.807) is 12.3 Å². The van der Waals surface area contributed by atoms with Crippen molar-refractivity contribution in [1.29, 1.82) is 0 Å². The predicted octanol–water partition coefficient (Wildman–Crippen LogP) is 2.88. The fourth-order valence-electron chi connectivity index (χ4n) is 0.949. The van der Waals surface area contributed by atoms with Gasteiger partial charge in [-0.1, -0.05) is 36.9 Å². The van der Waals surface area contributed by atoms with E-state index in [1.807, 2.05) is 30.3 Å². The van der Waals surface area contributed by atoms with E-state index in [9.17, 15) is 0 Å². The maximum Gasteiger partial charge on any atom is 0.112 e. The first kappa shape index (κ1) is 10.4. The summed E-state index contributed by atoms with van der Waals surface area (Å²) in [5.74, 6) is 0. The van der Waals surface area contributed by atoms with Gasteiger partial charge in [0.05, 0.1) is 12.5 Å². The molecule has 74 valence electrons. The fraction of sp³-hybridized carbons (Fsp3) is 0.167. The Morgan fingerprint density at radius 2 is 1.93 bits per heavy atom. The SMILES string of the molecule is C=COC/C=C/OCc1ccccc1. The second-order valence-corrected chi connectivity index (χ2v) is 2.67. The lowest BCUT2D eigenvalue weighted by molar-refractivity contribution is 0.228. The Labute approximate surface area is 84.5 Å². The quantitative estimate of drug-likeness (QED) is 0.507. The average molecular weight is 190 g/mol. The molecule has 0 N–H and O–H groups in total. The van der Waals surface area contributed by atoms with Crippen LogP contribution >= 0.6 is 0 Å². The molecule has 1 rings (SSSR count). The summed E-state index contributed by atoms with van der Waals surface area (Å²) in [5, 5.41) is 0. The molecule has 2 heteroatoms. The van der Waals surface area contributed by atoms with Gasteiger partial charge in [-0.2, -0.15) is 0 Å². The van der Waals surface area contributed by atoms with Gasteiger partial charge in [0.25, 0.3) is 0 Å². The zero-order valence-corrected chi connectivity index (χ0v) is 8.06. The topological polar surface area (TPSA) is 18.5 Å². The molecule has 0 aliphatic heterocycles. The molecule has 0 aliphatic rings. The minimum absolute atomic E-state index is 0.498. The summed E-state index contributed by atoms with van der Waals surface area (Å²) >= 11 is 0. The summed E-state index contributed by atoms with van der Waals surface area (Å²) in [6.45, 7) is 4.52. The van der Waals surface area contributed by atoms with Gasteiger partial charge < -0.3 is 9.47 Å². The standard InChI is InChI=1S/C12H14O2/c1-2-13-9-6-10-14-11-12-7-4-3-5-8-12/h2-8,10H,1,9,11H2/b10-6+. The minimum atomic E-state index is 0.498. The van der Waals surface area contributed by atoms with Gasteiger partial charge in [0, 0.05) is 0 Å². The summed E-state index contributed by atoms with van der Waals surface area (Å²) in [6.07, 6.45) is 4.84. The first-order valence-corrected chi connectivity index (χ1v) is 4.46. The maximum absolute atomic E-state index is 5.27. The van der Waals surface area contributed by atoms with Crippen molar-refractivity contribution in [1.82, 2.24) is 0 Å². The lowest BCUT2D eigenvalue weighted by atomic mass is 10.2. The van der Waals surface area contributed by atoms with Crippen molar-refractivity contribution in [2.45, 2.75) is 6.61 Å². The molecule has 0 fully saturated rings. The van der Waals surface area contributed by atoms with Crippen LogP contribution < -0.4 is 0 Å². The molecular weight excluding hydrogens is 176 g/mol. The Morgan fingerprint density at radius 1 is 1.14 bits per heavy atom. The van der Waals surface area contributed by atoms with Crippen LogP contribution in [0.25, 0.3) is 0 Å². The first-order chi connectivity index (χ1) is 6.93. The molecule has 2 nitrogen and oxygen atoms in total. The van der Waals surface area contributed by atoms with Crippen LogP contribution in [-0.4, -0.2) is 6.61 Å². The lowest BCUT2D eigenvalue weighted by Crippen LogP contribution is -1.86. The average Bonchev–Trinajstić information content (AvgIpc) is 2.25. The van der Waals surface area contributed by atoms with Gasteiger partial charge in [-0.15, -0.1) is 0 Å². The molecule has 0 radical (unpaired) electrons. The molecule has 0 unspecified atom stereocenters. The molecule has 0 saturated heterocycles. The molecule has 1 aromatic rings. The maximum atomic E-state index is 5.27. The third kappa shape index (κ3) is 4.36. The van der Waals surface area contributed by atoms with Crippen LogP contribution in [0.15, 0.2) is 55.5 Å². The van der Waals surface area contributed by atoms with Gasteiger partial charge in [-0.05, 0) is 11.6 Å². The Hall–Kier alpha value is -1.70. The van der Waals surface area contributed by atoms with E-state index >= 15 is 0 Å². The number of hydrogen-bond acceptors (Lipinski definition) is 2. The van der Waals surface area contributed by atoms with Gasteiger partial charge in [0.15, 0.2) is 0 Å². The fourth-order valence-corrected chi connectivity index (χ4v) is 0.949. The summed E-state index contributed by atoms with van der Waals surface area (Å²) < 4.78 is 10.2. The van der Waals surface area contributed by atoms with Crippen LogP contribution in [-0.2, 0) is 16.1 Å². The Balaban J connectivity index is 2.15. The summed E-state index contributed by atoms with van der Waals surface area (Å²) in [6, 6.07) is 10.0. The molecule has 14 heavy (non-hydrogen) atoms. The normalized spacial score (nSPS) is 10.0. The van der Waals surface area contributed by atoms with E-state index in [4.69, 9.17) is 9.47 Å². The lowest BCUT2D eigenvalue weighted by Gasteiger charge is -2.00. The molecule has 0 aliphatic carbocycles. The highest BCUT2D eigenvalue weighted by atomic mass is 16.5. The highest BCUT2D eigenvalue weighted by Gasteiger charge is 1.87. The Morgan fingerprint density at radius 3 is 2.64 bits per heavy atom. The van der Waals surface area contributed by atoms with E-state index in [-0.39, 0.29) is 0 Å². The Kier molecular flexibility index (Phi) is 5.03. The summed E-state index contributed by atoms with van der Waals surface area (Å²) in [5.41, 5.74) is 1.15. The number of hydrogen-bond donors (Lipinski definition) is 0. The molecule has 0 heterocycles. The van der Waals surface area contributed by atoms with Gasteiger partial charge in [0.1, 0.15) is 13.2 Å². The number of rotatable bonds is 6. The molecule has 0 atom stereocenters. The molecule has 0 bridgehead atoms. The number of benzene rings is 1. The summed E-state index contributed by atoms with van der Waals surface area (Å²) in [7, 11) is 0. The van der Waals surface area contributed by atoms with Crippen molar-refractivity contribution in [2.24, 2.45) is 0 Å². The minimum Gasteiger partial charge on any atom is -0.498 e. The van der Waals surface area contributed by atoms with Crippen molar-refractivity contribution in [2.75, 3.05) is 6.61 Å². The van der Waals surface area contributed by atoms with E-state index < -0.39 is 0 Å². The second-order valence-electron chi connectivity index (χ2n) is 2.67. The molecule has 0 spiro atoms. The van der Waals surface area contributed by atoms with Crippen molar-refractivity contribution >= 4 is 0 Å². The molecule has 0 saturated carbocycles. The summed E-state index contributed by atoms with van der Waals surface area (Å²) in [4.78, 5) is 0. The number of ether oxygens (including phenoxy) is 2. The second kappa shape index (κ2) is 6.78. The largest absolute Gasteiger partial charge is 0.498 e. The van der Waals surface area contributed by atoms with Crippen LogP contribution in [0.2, 0.25) is 0 Å². The van der Waals surface area contributed by atoms with Crippen molar-refractivity contribution < 1.29 is 9.47 Å². The molecule has 1 aromatic carbocycles.